The molecular formula is C21H22Cl2FN5O2. The summed E-state index contributed by atoms with van der Waals surface area (Å²) in [6.07, 6.45) is 2.75. The van der Waals surface area contributed by atoms with Crippen LogP contribution in [0.25, 0.3) is 0 Å². The molecule has 2 aromatic heterocycles. The molecule has 1 saturated heterocycles. The monoisotopic (exact) mass is 465 g/mol. The Kier molecular flexibility index (Phi) is 7.15. The lowest BCUT2D eigenvalue weighted by Crippen LogP contribution is -2.48. The zero-order valence-electron chi connectivity index (χ0n) is 16.5. The van der Waals surface area contributed by atoms with Gasteiger partial charge in [-0.25, -0.2) is 9.37 Å². The summed E-state index contributed by atoms with van der Waals surface area (Å²) >= 11 is 5.79. The van der Waals surface area contributed by atoms with E-state index in [4.69, 9.17) is 11.6 Å². The number of nitrogens with zero attached hydrogens (tertiary/aromatic N) is 3. The highest BCUT2D eigenvalue weighted by atomic mass is 35.5. The largest absolute Gasteiger partial charge is 0.389 e. The van der Waals surface area contributed by atoms with Crippen molar-refractivity contribution in [3.63, 3.8) is 0 Å². The second kappa shape index (κ2) is 9.64. The van der Waals surface area contributed by atoms with Crippen LogP contribution >= 0.6 is 24.0 Å². The van der Waals surface area contributed by atoms with E-state index in [1.807, 2.05) is 18.2 Å². The van der Waals surface area contributed by atoms with Crippen LogP contribution in [0.1, 0.15) is 28.9 Å². The van der Waals surface area contributed by atoms with Crippen molar-refractivity contribution in [1.82, 2.24) is 20.1 Å². The summed E-state index contributed by atoms with van der Waals surface area (Å²) in [5.41, 5.74) is -0.293. The Morgan fingerprint density at radius 2 is 1.97 bits per heavy atom. The van der Waals surface area contributed by atoms with E-state index in [-0.39, 0.29) is 23.0 Å². The average molecular weight is 466 g/mol. The van der Waals surface area contributed by atoms with Gasteiger partial charge in [-0.1, -0.05) is 23.7 Å². The van der Waals surface area contributed by atoms with Gasteiger partial charge in [0.05, 0.1) is 22.4 Å². The number of carbonyl (C=O) groups excluding carboxylic acids is 1. The van der Waals surface area contributed by atoms with Crippen LogP contribution in [0.5, 0.6) is 0 Å². The summed E-state index contributed by atoms with van der Waals surface area (Å²) in [6.45, 7) is 0.654. The fraction of sp³-hybridized carbons (Fsp3) is 0.286. The van der Waals surface area contributed by atoms with Crippen LogP contribution < -0.4 is 5.32 Å². The van der Waals surface area contributed by atoms with Crippen LogP contribution in [0, 0.1) is 5.82 Å². The molecule has 10 heteroatoms. The molecule has 3 aromatic rings. The van der Waals surface area contributed by atoms with Crippen molar-refractivity contribution in [3.05, 3.63) is 70.8 Å². The predicted octanol–water partition coefficient (Wildman–Crippen LogP) is 3.97. The van der Waals surface area contributed by atoms with E-state index in [0.29, 0.717) is 38.2 Å². The molecule has 0 bridgehead atoms. The second-order valence-corrected chi connectivity index (χ2v) is 7.81. The molecule has 0 saturated carbocycles. The van der Waals surface area contributed by atoms with Gasteiger partial charge in [0.15, 0.2) is 5.82 Å². The van der Waals surface area contributed by atoms with Crippen LogP contribution in [0.2, 0.25) is 5.02 Å². The summed E-state index contributed by atoms with van der Waals surface area (Å²) in [5.74, 6) is 0.236. The molecule has 7 nitrogen and oxygen atoms in total. The smallest absolute Gasteiger partial charge is 0.256 e. The Labute approximate surface area is 190 Å². The number of aromatic amines is 1. The molecule has 1 aliphatic heterocycles. The minimum absolute atomic E-state index is 0. The molecule has 164 valence electrons. The van der Waals surface area contributed by atoms with E-state index in [0.717, 1.165) is 11.5 Å². The Balaban J connectivity index is 0.00000272. The number of piperidine rings is 1. The zero-order chi connectivity index (χ0) is 21.1. The molecule has 1 aromatic carbocycles. The second-order valence-electron chi connectivity index (χ2n) is 7.40. The minimum Gasteiger partial charge on any atom is -0.389 e. The summed E-state index contributed by atoms with van der Waals surface area (Å²) in [5, 5.41) is 20.8. The quantitative estimate of drug-likeness (QED) is 0.529. The maximum atomic E-state index is 14.2. The van der Waals surface area contributed by atoms with E-state index in [1.165, 1.54) is 12.1 Å². The van der Waals surface area contributed by atoms with E-state index in [1.54, 1.807) is 23.2 Å². The van der Waals surface area contributed by atoms with Gasteiger partial charge < -0.3 is 15.3 Å². The predicted molar refractivity (Wildman–Crippen MR) is 119 cm³/mol. The van der Waals surface area contributed by atoms with Gasteiger partial charge >= 0.3 is 0 Å². The summed E-state index contributed by atoms with van der Waals surface area (Å²) in [6, 6.07) is 11.7. The number of nitrogens with one attached hydrogen (secondary N) is 2. The zero-order valence-corrected chi connectivity index (χ0v) is 18.1. The van der Waals surface area contributed by atoms with Crippen LogP contribution in [0.15, 0.2) is 48.7 Å². The Morgan fingerprint density at radius 3 is 2.68 bits per heavy atom. The maximum Gasteiger partial charge on any atom is 0.256 e. The van der Waals surface area contributed by atoms with Gasteiger partial charge in [0, 0.05) is 31.3 Å². The molecule has 3 heterocycles. The number of aromatic nitrogens is 3. The third-order valence-corrected chi connectivity index (χ3v) is 5.54. The van der Waals surface area contributed by atoms with Gasteiger partial charge in [-0.05, 0) is 37.1 Å². The lowest BCUT2D eigenvalue weighted by molar-refractivity contribution is -0.0169. The third kappa shape index (κ3) is 5.33. The van der Waals surface area contributed by atoms with E-state index in [9.17, 15) is 14.3 Å². The third-order valence-electron chi connectivity index (χ3n) is 5.24. The fourth-order valence-corrected chi connectivity index (χ4v) is 3.76. The topological polar surface area (TPSA) is 94.1 Å². The van der Waals surface area contributed by atoms with Crippen molar-refractivity contribution in [3.8, 4) is 0 Å². The molecule has 0 aliphatic carbocycles. The van der Waals surface area contributed by atoms with Crippen molar-refractivity contribution in [1.29, 1.82) is 0 Å². The van der Waals surface area contributed by atoms with Crippen molar-refractivity contribution < 1.29 is 14.3 Å². The van der Waals surface area contributed by atoms with Crippen molar-refractivity contribution in [2.75, 3.05) is 18.4 Å². The van der Waals surface area contributed by atoms with Crippen LogP contribution in [-0.4, -0.2) is 49.8 Å². The first kappa shape index (κ1) is 23.0. The number of carbonyl (C=O) groups is 1. The van der Waals surface area contributed by atoms with Crippen molar-refractivity contribution in [2.24, 2.45) is 0 Å². The van der Waals surface area contributed by atoms with E-state index in [2.05, 4.69) is 20.5 Å². The number of anilines is 2. The molecule has 3 N–H and O–H groups in total. The molecule has 0 unspecified atom stereocenters. The lowest BCUT2D eigenvalue weighted by atomic mass is 9.86. The number of benzene rings is 1. The number of H-pyrrole nitrogens is 1. The minimum atomic E-state index is -0.983. The van der Waals surface area contributed by atoms with Gasteiger partial charge in [0.2, 0.25) is 0 Å². The molecule has 1 fully saturated rings. The number of hydrogen-bond donors (Lipinski definition) is 3. The molecule has 4 rings (SSSR count). The van der Waals surface area contributed by atoms with E-state index >= 15 is 0 Å². The standard InChI is InChI=1S/C21H21ClFN5O2.ClH/c22-16-5-2-4-15(19(16)23)20(29)28-11-8-21(30,9-12-28)13-14-3-1-6-17(25-14)26-18-7-10-24-27-18;/h1-7,10,30H,8-9,11-13H2,(H2,24,25,26,27);1H. The number of rotatable bonds is 5. The molecule has 0 atom stereocenters. The number of likely N-dealkylation sites (tertiary alicyclic amines) is 1. The highest BCUT2D eigenvalue weighted by Gasteiger charge is 2.35. The van der Waals surface area contributed by atoms with Gasteiger partial charge in [0.1, 0.15) is 11.6 Å². The lowest BCUT2D eigenvalue weighted by Gasteiger charge is -2.38. The molecule has 1 amide bonds. The number of halogens is 3. The Morgan fingerprint density at radius 1 is 1.23 bits per heavy atom. The van der Waals surface area contributed by atoms with Gasteiger partial charge in [-0.15, -0.1) is 12.4 Å². The Bertz CT molecular complexity index is 1040. The molecule has 0 radical (unpaired) electrons. The number of amides is 1. The molecular weight excluding hydrogens is 444 g/mol. The fourth-order valence-electron chi connectivity index (χ4n) is 3.59. The molecule has 31 heavy (non-hydrogen) atoms. The number of hydrogen-bond acceptors (Lipinski definition) is 5. The first-order chi connectivity index (χ1) is 14.4. The first-order valence-corrected chi connectivity index (χ1v) is 9.99. The Hall–Kier alpha value is -2.68. The van der Waals surface area contributed by atoms with Crippen LogP contribution in [-0.2, 0) is 6.42 Å². The van der Waals surface area contributed by atoms with Gasteiger partial charge in [-0.3, -0.25) is 9.89 Å². The first-order valence-electron chi connectivity index (χ1n) is 9.62. The van der Waals surface area contributed by atoms with E-state index < -0.39 is 17.3 Å². The number of pyridine rings is 1. The highest BCUT2D eigenvalue weighted by Crippen LogP contribution is 2.28. The summed E-state index contributed by atoms with van der Waals surface area (Å²) in [4.78, 5) is 18.7. The average Bonchev–Trinajstić information content (AvgIpc) is 3.23. The van der Waals surface area contributed by atoms with Gasteiger partial charge in [-0.2, -0.15) is 5.10 Å². The number of aliphatic hydroxyl groups is 1. The maximum absolute atomic E-state index is 14.2. The summed E-state index contributed by atoms with van der Waals surface area (Å²) < 4.78 is 14.2. The highest BCUT2D eigenvalue weighted by molar-refractivity contribution is 6.31. The van der Waals surface area contributed by atoms with Crippen molar-refractivity contribution in [2.45, 2.75) is 24.9 Å². The van der Waals surface area contributed by atoms with Crippen molar-refractivity contribution >= 4 is 41.6 Å². The summed E-state index contributed by atoms with van der Waals surface area (Å²) in [7, 11) is 0. The van der Waals surface area contributed by atoms with Crippen LogP contribution in [0.4, 0.5) is 16.0 Å². The molecule has 0 spiro atoms. The molecule has 1 aliphatic rings. The SMILES string of the molecule is Cl.O=C(c1cccc(Cl)c1F)N1CCC(O)(Cc2cccc(Nc3ccn[nH]3)n2)CC1. The normalized spacial score (nSPS) is 15.3. The van der Waals surface area contributed by atoms with Crippen LogP contribution in [0.3, 0.4) is 0 Å². The van der Waals surface area contributed by atoms with Gasteiger partial charge in [0.25, 0.3) is 5.91 Å².